The Morgan fingerprint density at radius 3 is 2.50 bits per heavy atom. The molecule has 3 atom stereocenters. The zero-order chi connectivity index (χ0) is 25.2. The van der Waals surface area contributed by atoms with Gasteiger partial charge in [-0.25, -0.2) is 4.52 Å². The summed E-state index contributed by atoms with van der Waals surface area (Å²) in [5.41, 5.74) is 5.30. The van der Waals surface area contributed by atoms with Crippen molar-refractivity contribution in [1.82, 2.24) is 19.2 Å². The highest BCUT2D eigenvalue weighted by Crippen LogP contribution is 2.30. The Morgan fingerprint density at radius 1 is 1.08 bits per heavy atom. The molecular formula is C29H31N5O2. The third-order valence-corrected chi connectivity index (χ3v) is 7.04. The van der Waals surface area contributed by atoms with Crippen molar-refractivity contribution in [3.05, 3.63) is 87.6 Å². The lowest BCUT2D eigenvalue weighted by molar-refractivity contribution is -0.0488. The highest BCUT2D eigenvalue weighted by atomic mass is 16.5. The van der Waals surface area contributed by atoms with Gasteiger partial charge in [-0.15, -0.1) is 0 Å². The molecule has 184 valence electrons. The zero-order valence-electron chi connectivity index (χ0n) is 21.0. The second-order valence-corrected chi connectivity index (χ2v) is 9.74. The highest BCUT2D eigenvalue weighted by Gasteiger charge is 2.30. The summed E-state index contributed by atoms with van der Waals surface area (Å²) >= 11 is 0. The normalized spacial score (nSPS) is 19.9. The number of fused-ring (bicyclic) bond motifs is 1. The van der Waals surface area contributed by atoms with Gasteiger partial charge in [-0.05, 0) is 55.9 Å². The van der Waals surface area contributed by atoms with Crippen molar-refractivity contribution in [3.8, 4) is 17.2 Å². The van der Waals surface area contributed by atoms with Gasteiger partial charge in [0.05, 0.1) is 29.5 Å². The lowest BCUT2D eigenvalue weighted by atomic mass is 9.96. The van der Waals surface area contributed by atoms with Crippen molar-refractivity contribution in [2.24, 2.45) is 0 Å². The SMILES string of the molecule is CCCc1c(Cc2ccc(-c3ccccc3C#N)cc2)c(=O)n([C@H]2C[C@@H](C)O[C@@H](C)C2)c2ncnn12. The van der Waals surface area contributed by atoms with E-state index in [1.165, 1.54) is 0 Å². The molecule has 7 heteroatoms. The second kappa shape index (κ2) is 10.1. The summed E-state index contributed by atoms with van der Waals surface area (Å²) in [7, 11) is 0. The molecule has 2 aromatic heterocycles. The largest absolute Gasteiger partial charge is 0.375 e. The van der Waals surface area contributed by atoms with Crippen LogP contribution in [0.25, 0.3) is 16.9 Å². The molecule has 1 fully saturated rings. The molecule has 0 aliphatic carbocycles. The van der Waals surface area contributed by atoms with Gasteiger partial charge in [0, 0.05) is 18.0 Å². The van der Waals surface area contributed by atoms with Gasteiger partial charge in [0.15, 0.2) is 0 Å². The monoisotopic (exact) mass is 481 g/mol. The molecule has 0 bridgehead atoms. The van der Waals surface area contributed by atoms with E-state index < -0.39 is 0 Å². The van der Waals surface area contributed by atoms with Crippen molar-refractivity contribution in [3.63, 3.8) is 0 Å². The van der Waals surface area contributed by atoms with Gasteiger partial charge in [-0.2, -0.15) is 15.3 Å². The average molecular weight is 482 g/mol. The lowest BCUT2D eigenvalue weighted by Gasteiger charge is -2.33. The van der Waals surface area contributed by atoms with Crippen LogP contribution in [0.1, 0.15) is 68.5 Å². The number of hydrogen-bond acceptors (Lipinski definition) is 5. The fourth-order valence-electron chi connectivity index (χ4n) is 5.50. The molecule has 36 heavy (non-hydrogen) atoms. The quantitative estimate of drug-likeness (QED) is 0.382. The van der Waals surface area contributed by atoms with Crippen LogP contribution in [0.5, 0.6) is 0 Å². The Balaban J connectivity index is 1.57. The maximum atomic E-state index is 14.1. The summed E-state index contributed by atoms with van der Waals surface area (Å²) in [6.07, 6.45) is 5.41. The molecule has 7 nitrogen and oxygen atoms in total. The lowest BCUT2D eigenvalue weighted by Crippen LogP contribution is -2.38. The second-order valence-electron chi connectivity index (χ2n) is 9.74. The van der Waals surface area contributed by atoms with Gasteiger partial charge in [-0.1, -0.05) is 55.8 Å². The van der Waals surface area contributed by atoms with E-state index in [0.29, 0.717) is 17.8 Å². The Labute approximate surface area is 211 Å². The predicted molar refractivity (Wildman–Crippen MR) is 139 cm³/mol. The number of aromatic nitrogens is 4. The molecule has 0 N–H and O–H groups in total. The summed E-state index contributed by atoms with van der Waals surface area (Å²) in [5.74, 6) is 0.613. The molecule has 4 aromatic rings. The first-order valence-electron chi connectivity index (χ1n) is 12.7. The molecule has 0 radical (unpaired) electrons. The Kier molecular flexibility index (Phi) is 6.71. The van der Waals surface area contributed by atoms with Gasteiger partial charge in [-0.3, -0.25) is 9.36 Å². The smallest absolute Gasteiger partial charge is 0.259 e. The van der Waals surface area contributed by atoms with Crippen LogP contribution in [0.2, 0.25) is 0 Å². The Hall–Kier alpha value is -3.76. The number of aryl methyl sites for hydroxylation is 1. The predicted octanol–water partition coefficient (Wildman–Crippen LogP) is 5.10. The minimum Gasteiger partial charge on any atom is -0.375 e. The van der Waals surface area contributed by atoms with Gasteiger partial charge in [0.25, 0.3) is 5.56 Å². The van der Waals surface area contributed by atoms with E-state index in [-0.39, 0.29) is 23.8 Å². The molecule has 1 aliphatic heterocycles. The van der Waals surface area contributed by atoms with Crippen molar-refractivity contribution in [2.75, 3.05) is 0 Å². The Morgan fingerprint density at radius 2 is 1.81 bits per heavy atom. The van der Waals surface area contributed by atoms with Gasteiger partial charge < -0.3 is 4.74 Å². The van der Waals surface area contributed by atoms with Crippen LogP contribution in [0.4, 0.5) is 0 Å². The molecule has 5 rings (SSSR count). The van der Waals surface area contributed by atoms with E-state index in [2.05, 4.69) is 36.9 Å². The van der Waals surface area contributed by atoms with Crippen LogP contribution in [0.15, 0.2) is 59.7 Å². The number of ether oxygens (including phenoxy) is 1. The summed E-state index contributed by atoms with van der Waals surface area (Å²) < 4.78 is 9.66. The van der Waals surface area contributed by atoms with Crippen LogP contribution in [0.3, 0.4) is 0 Å². The van der Waals surface area contributed by atoms with E-state index >= 15 is 0 Å². The van der Waals surface area contributed by atoms with Gasteiger partial charge >= 0.3 is 0 Å². The van der Waals surface area contributed by atoms with Crippen LogP contribution in [-0.4, -0.2) is 31.4 Å². The molecule has 0 saturated carbocycles. The first-order valence-corrected chi connectivity index (χ1v) is 12.7. The van der Waals surface area contributed by atoms with Crippen LogP contribution < -0.4 is 5.56 Å². The molecule has 0 amide bonds. The zero-order valence-corrected chi connectivity index (χ0v) is 21.0. The topological polar surface area (TPSA) is 85.2 Å². The number of hydrogen-bond donors (Lipinski definition) is 0. The molecule has 3 heterocycles. The molecule has 0 unspecified atom stereocenters. The summed E-state index contributed by atoms with van der Waals surface area (Å²) in [5, 5.41) is 14.0. The van der Waals surface area contributed by atoms with E-state index in [9.17, 15) is 10.1 Å². The van der Waals surface area contributed by atoms with E-state index in [4.69, 9.17) is 4.74 Å². The number of benzene rings is 2. The summed E-state index contributed by atoms with van der Waals surface area (Å²) in [4.78, 5) is 18.6. The number of rotatable bonds is 6. The molecular weight excluding hydrogens is 450 g/mol. The standard InChI is InChI=1S/C29H31N5O2/c1-4-7-27-26(16-21-10-12-22(13-11-21)25-9-6-5-8-23(25)17-30)28(35)33(29-31-18-32-34(27)29)24-14-19(2)36-20(3)15-24/h5-6,8-13,18-20,24H,4,7,14-16H2,1-3H3/t19-,20+,24+. The van der Waals surface area contributed by atoms with Crippen molar-refractivity contribution in [2.45, 2.75) is 71.1 Å². The fourth-order valence-corrected chi connectivity index (χ4v) is 5.50. The van der Waals surface area contributed by atoms with E-state index in [1.807, 2.05) is 57.6 Å². The minimum absolute atomic E-state index is 0.0160. The van der Waals surface area contributed by atoms with Crippen LogP contribution in [-0.2, 0) is 17.6 Å². The third kappa shape index (κ3) is 4.45. The summed E-state index contributed by atoms with van der Waals surface area (Å²) in [6, 6.07) is 18.0. The van der Waals surface area contributed by atoms with Crippen LogP contribution >= 0.6 is 0 Å². The van der Waals surface area contributed by atoms with E-state index in [0.717, 1.165) is 53.6 Å². The average Bonchev–Trinajstić information content (AvgIpc) is 3.35. The minimum atomic E-state index is 0.0160. The highest BCUT2D eigenvalue weighted by molar-refractivity contribution is 5.70. The maximum absolute atomic E-state index is 14.1. The van der Waals surface area contributed by atoms with Gasteiger partial charge in [0.1, 0.15) is 6.33 Å². The van der Waals surface area contributed by atoms with Crippen LogP contribution in [0, 0.1) is 11.3 Å². The first-order chi connectivity index (χ1) is 17.5. The van der Waals surface area contributed by atoms with Gasteiger partial charge in [0.2, 0.25) is 5.78 Å². The van der Waals surface area contributed by atoms with E-state index in [1.54, 1.807) is 6.33 Å². The first kappa shape index (κ1) is 24.0. The van der Waals surface area contributed by atoms with Crippen molar-refractivity contribution >= 4 is 5.78 Å². The fraction of sp³-hybridized carbons (Fsp3) is 0.379. The van der Waals surface area contributed by atoms with Crippen molar-refractivity contribution < 1.29 is 4.74 Å². The number of nitrogens with zero attached hydrogens (tertiary/aromatic N) is 5. The van der Waals surface area contributed by atoms with Crippen molar-refractivity contribution in [1.29, 1.82) is 5.26 Å². The Bertz CT molecular complexity index is 1470. The number of nitriles is 1. The molecule has 1 saturated heterocycles. The molecule has 0 spiro atoms. The molecule has 1 aliphatic rings. The molecule has 2 aromatic carbocycles. The maximum Gasteiger partial charge on any atom is 0.259 e. The third-order valence-electron chi connectivity index (χ3n) is 7.04. The summed E-state index contributed by atoms with van der Waals surface area (Å²) in [6.45, 7) is 6.24.